The number of piperidine rings is 1. The van der Waals surface area contributed by atoms with E-state index in [4.69, 9.17) is 16.3 Å². The van der Waals surface area contributed by atoms with Crippen LogP contribution in [0.15, 0.2) is 54.6 Å². The predicted octanol–water partition coefficient (Wildman–Crippen LogP) is 5.31. The minimum absolute atomic E-state index is 0.222. The van der Waals surface area contributed by atoms with Gasteiger partial charge in [-0.05, 0) is 55.0 Å². The molecule has 0 saturated carbocycles. The summed E-state index contributed by atoms with van der Waals surface area (Å²) in [5.74, 6) is -0.600. The maximum absolute atomic E-state index is 13.5. The van der Waals surface area contributed by atoms with E-state index in [0.717, 1.165) is 19.3 Å². The summed E-state index contributed by atoms with van der Waals surface area (Å²) in [6.07, 6.45) is -4.31. The first-order chi connectivity index (χ1) is 14.3. The zero-order chi connectivity index (χ0) is 21.6. The normalized spacial score (nSPS) is 18.7. The summed E-state index contributed by atoms with van der Waals surface area (Å²) in [4.78, 5) is 13.9. The molecular formula is C23H25ClF3NO2. The van der Waals surface area contributed by atoms with Crippen molar-refractivity contribution >= 4 is 17.6 Å². The summed E-state index contributed by atoms with van der Waals surface area (Å²) in [7, 11) is 0. The molecule has 1 aliphatic heterocycles. The molecule has 0 aromatic heterocycles. The van der Waals surface area contributed by atoms with Gasteiger partial charge in [-0.15, -0.1) is 0 Å². The first-order valence-corrected chi connectivity index (χ1v) is 10.4. The highest BCUT2D eigenvalue weighted by Gasteiger charge is 2.44. The molecule has 2 unspecified atom stereocenters. The number of benzene rings is 2. The van der Waals surface area contributed by atoms with Crippen molar-refractivity contribution in [2.45, 2.75) is 38.0 Å². The highest BCUT2D eigenvalue weighted by atomic mass is 35.5. The van der Waals surface area contributed by atoms with Gasteiger partial charge in [-0.25, -0.2) is 0 Å². The van der Waals surface area contributed by atoms with Gasteiger partial charge in [0, 0.05) is 18.1 Å². The fraction of sp³-hybridized carbons (Fsp3) is 0.435. The number of hydrogen-bond acceptors (Lipinski definition) is 3. The number of carbonyl (C=O) groups excluding carboxylic acids is 1. The molecule has 0 aliphatic carbocycles. The quantitative estimate of drug-likeness (QED) is 0.547. The van der Waals surface area contributed by atoms with Gasteiger partial charge >= 0.3 is 12.1 Å². The van der Waals surface area contributed by atoms with Crippen LogP contribution >= 0.6 is 11.6 Å². The molecule has 3 rings (SSSR count). The van der Waals surface area contributed by atoms with Gasteiger partial charge in [0.1, 0.15) is 0 Å². The lowest BCUT2D eigenvalue weighted by atomic mass is 9.91. The standard InChI is InChI=1S/C23H25ClF3NO2/c24-20-10-8-18(9-11-20)14-22(29)30-21(23(25,26)27)16-28-12-4-7-19(15-28)13-17-5-2-1-3-6-17/h1-3,5-6,8-11,19,21H,4,7,12-16H2. The number of nitrogens with zero attached hydrogens (tertiary/aromatic N) is 1. The highest BCUT2D eigenvalue weighted by Crippen LogP contribution is 2.27. The SMILES string of the molecule is O=C(Cc1ccc(Cl)cc1)OC(CN1CCCC(Cc2ccccc2)C1)C(F)(F)F. The second-order valence-electron chi connectivity index (χ2n) is 7.78. The third-order valence-corrected chi connectivity index (χ3v) is 5.55. The Balaban J connectivity index is 1.57. The fourth-order valence-electron chi connectivity index (χ4n) is 3.84. The lowest BCUT2D eigenvalue weighted by Crippen LogP contribution is -2.47. The third-order valence-electron chi connectivity index (χ3n) is 5.29. The van der Waals surface area contributed by atoms with E-state index in [1.54, 1.807) is 29.2 Å². The van der Waals surface area contributed by atoms with Crippen LogP contribution in [0.1, 0.15) is 24.0 Å². The van der Waals surface area contributed by atoms with Gasteiger partial charge in [0.15, 0.2) is 0 Å². The number of carbonyl (C=O) groups is 1. The largest absolute Gasteiger partial charge is 0.451 e. The van der Waals surface area contributed by atoms with Crippen LogP contribution in [0.2, 0.25) is 5.02 Å². The van der Waals surface area contributed by atoms with E-state index in [2.05, 4.69) is 0 Å². The summed E-state index contributed by atoms with van der Waals surface area (Å²) in [6, 6.07) is 16.3. The fourth-order valence-corrected chi connectivity index (χ4v) is 3.97. The topological polar surface area (TPSA) is 29.5 Å². The number of ether oxygens (including phenoxy) is 1. The molecule has 1 fully saturated rings. The van der Waals surface area contributed by atoms with Crippen molar-refractivity contribution < 1.29 is 22.7 Å². The maximum Gasteiger partial charge on any atom is 0.426 e. The van der Waals surface area contributed by atoms with E-state index in [0.29, 0.717) is 29.6 Å². The van der Waals surface area contributed by atoms with Crippen LogP contribution in [0.25, 0.3) is 0 Å². The maximum atomic E-state index is 13.5. The molecule has 3 nitrogen and oxygen atoms in total. The number of halogens is 4. The Kier molecular flexibility index (Phi) is 7.78. The van der Waals surface area contributed by atoms with Crippen LogP contribution in [-0.2, 0) is 22.4 Å². The van der Waals surface area contributed by atoms with Gasteiger partial charge in [0.05, 0.1) is 6.42 Å². The van der Waals surface area contributed by atoms with E-state index in [-0.39, 0.29) is 13.0 Å². The van der Waals surface area contributed by atoms with Gasteiger partial charge < -0.3 is 4.74 Å². The van der Waals surface area contributed by atoms with Gasteiger partial charge in [-0.1, -0.05) is 54.1 Å². The van der Waals surface area contributed by atoms with Crippen LogP contribution in [0, 0.1) is 5.92 Å². The highest BCUT2D eigenvalue weighted by molar-refractivity contribution is 6.30. The van der Waals surface area contributed by atoms with Crippen molar-refractivity contribution in [3.05, 3.63) is 70.7 Å². The molecular weight excluding hydrogens is 415 g/mol. The molecule has 7 heteroatoms. The lowest BCUT2D eigenvalue weighted by molar-refractivity contribution is -0.225. The Morgan fingerprint density at radius 3 is 2.47 bits per heavy atom. The molecule has 2 atom stereocenters. The van der Waals surface area contributed by atoms with Crippen molar-refractivity contribution in [3.63, 3.8) is 0 Å². The molecule has 0 spiro atoms. The Bertz CT molecular complexity index is 811. The number of alkyl halides is 3. The first kappa shape index (κ1) is 22.6. The van der Waals surface area contributed by atoms with Crippen LogP contribution in [-0.4, -0.2) is 42.8 Å². The summed E-state index contributed by atoms with van der Waals surface area (Å²) in [6.45, 7) is 0.809. The molecule has 30 heavy (non-hydrogen) atoms. The van der Waals surface area contributed by atoms with Crippen LogP contribution in [0.5, 0.6) is 0 Å². The molecule has 162 valence electrons. The van der Waals surface area contributed by atoms with E-state index < -0.39 is 18.2 Å². The van der Waals surface area contributed by atoms with Crippen molar-refractivity contribution in [2.75, 3.05) is 19.6 Å². The number of likely N-dealkylation sites (tertiary alicyclic amines) is 1. The van der Waals surface area contributed by atoms with Crippen molar-refractivity contribution in [3.8, 4) is 0 Å². The van der Waals surface area contributed by atoms with E-state index >= 15 is 0 Å². The van der Waals surface area contributed by atoms with Gasteiger partial charge in [-0.2, -0.15) is 13.2 Å². The average Bonchev–Trinajstić information content (AvgIpc) is 2.70. The third kappa shape index (κ3) is 7.03. The molecule has 1 aliphatic rings. The first-order valence-electron chi connectivity index (χ1n) is 10.1. The smallest absolute Gasteiger partial charge is 0.426 e. The minimum atomic E-state index is -4.61. The van der Waals surface area contributed by atoms with Gasteiger partial charge in [0.2, 0.25) is 6.10 Å². The summed E-state index contributed by atoms with van der Waals surface area (Å²) < 4.78 is 45.5. The number of rotatable bonds is 7. The Labute approximate surface area is 179 Å². The Hall–Kier alpha value is -2.05. The molecule has 0 N–H and O–H groups in total. The molecule has 0 amide bonds. The van der Waals surface area contributed by atoms with Gasteiger partial charge in [-0.3, -0.25) is 9.69 Å². The molecule has 0 radical (unpaired) electrons. The van der Waals surface area contributed by atoms with Crippen molar-refractivity contribution in [1.29, 1.82) is 0 Å². The monoisotopic (exact) mass is 439 g/mol. The predicted molar refractivity (Wildman–Crippen MR) is 110 cm³/mol. The molecule has 0 bridgehead atoms. The van der Waals surface area contributed by atoms with Gasteiger partial charge in [0.25, 0.3) is 0 Å². The van der Waals surface area contributed by atoms with Crippen LogP contribution in [0.3, 0.4) is 0 Å². The number of hydrogen-bond donors (Lipinski definition) is 0. The number of esters is 1. The zero-order valence-corrected chi connectivity index (χ0v) is 17.3. The summed E-state index contributed by atoms with van der Waals surface area (Å²) in [5, 5.41) is 0.496. The van der Waals surface area contributed by atoms with E-state index in [9.17, 15) is 18.0 Å². The summed E-state index contributed by atoms with van der Waals surface area (Å²) in [5.41, 5.74) is 1.75. The van der Waals surface area contributed by atoms with Crippen LogP contribution < -0.4 is 0 Å². The van der Waals surface area contributed by atoms with E-state index in [1.807, 2.05) is 30.3 Å². The molecule has 1 saturated heterocycles. The second-order valence-corrected chi connectivity index (χ2v) is 8.22. The minimum Gasteiger partial charge on any atom is -0.451 e. The lowest BCUT2D eigenvalue weighted by Gasteiger charge is -2.35. The van der Waals surface area contributed by atoms with Crippen molar-refractivity contribution in [2.24, 2.45) is 5.92 Å². The molecule has 2 aromatic carbocycles. The second kappa shape index (κ2) is 10.3. The Morgan fingerprint density at radius 2 is 1.80 bits per heavy atom. The average molecular weight is 440 g/mol. The van der Waals surface area contributed by atoms with Crippen molar-refractivity contribution in [1.82, 2.24) is 4.90 Å². The Morgan fingerprint density at radius 1 is 1.10 bits per heavy atom. The zero-order valence-electron chi connectivity index (χ0n) is 16.6. The summed E-state index contributed by atoms with van der Waals surface area (Å²) >= 11 is 5.79. The van der Waals surface area contributed by atoms with Crippen LogP contribution in [0.4, 0.5) is 13.2 Å². The molecule has 1 heterocycles. The van der Waals surface area contributed by atoms with E-state index in [1.165, 1.54) is 5.56 Å². The molecule has 2 aromatic rings.